The van der Waals surface area contributed by atoms with Gasteiger partial charge in [0.25, 0.3) is 0 Å². The number of fused-ring (bicyclic) bond motifs is 1. The maximum atomic E-state index is 6.13. The molecule has 3 N–H and O–H groups in total. The zero-order valence-electron chi connectivity index (χ0n) is 11.2. The smallest absolute Gasteiger partial charge is 0.0620 e. The molecule has 0 saturated carbocycles. The van der Waals surface area contributed by atoms with Gasteiger partial charge in [0.2, 0.25) is 0 Å². The first kappa shape index (κ1) is 13.0. The summed E-state index contributed by atoms with van der Waals surface area (Å²) in [5, 5.41) is 5.79. The molecule has 0 saturated heterocycles. The van der Waals surface area contributed by atoms with Gasteiger partial charge in [0.1, 0.15) is 0 Å². The minimum absolute atomic E-state index is 0.791. The molecule has 100 valence electrons. The summed E-state index contributed by atoms with van der Waals surface area (Å²) < 4.78 is 1.09. The van der Waals surface area contributed by atoms with Crippen LogP contribution in [0.2, 0.25) is 0 Å². The van der Waals surface area contributed by atoms with Crippen LogP contribution >= 0.6 is 15.9 Å². The molecule has 0 spiro atoms. The van der Waals surface area contributed by atoms with Gasteiger partial charge >= 0.3 is 0 Å². The predicted octanol–water partition coefficient (Wildman–Crippen LogP) is 5.24. The summed E-state index contributed by atoms with van der Waals surface area (Å²) in [5.41, 5.74) is 10.0. The number of halogens is 1. The Morgan fingerprint density at radius 1 is 0.850 bits per heavy atom. The Labute approximate surface area is 126 Å². The van der Waals surface area contributed by atoms with E-state index in [2.05, 4.69) is 45.5 Å². The molecule has 0 heterocycles. The molecule has 0 unspecified atom stereocenters. The fraction of sp³-hybridized carbons (Fsp3) is 0.0588. The molecule has 3 aromatic rings. The normalized spacial score (nSPS) is 10.7. The van der Waals surface area contributed by atoms with Crippen LogP contribution in [0.3, 0.4) is 0 Å². The third-order valence-corrected chi connectivity index (χ3v) is 4.16. The van der Waals surface area contributed by atoms with Crippen LogP contribution in [-0.4, -0.2) is 0 Å². The summed E-state index contributed by atoms with van der Waals surface area (Å²) in [6, 6.07) is 18.4. The quantitative estimate of drug-likeness (QED) is 0.632. The SMILES string of the molecule is Cc1cccc(Nc2ccc(Br)c3ccccc23)c1N. The molecule has 0 bridgehead atoms. The first-order valence-corrected chi connectivity index (χ1v) is 7.25. The van der Waals surface area contributed by atoms with E-state index >= 15 is 0 Å². The van der Waals surface area contributed by atoms with Crippen molar-refractivity contribution in [2.45, 2.75) is 6.92 Å². The Balaban J connectivity index is 2.12. The van der Waals surface area contributed by atoms with Gasteiger partial charge in [-0.3, -0.25) is 0 Å². The van der Waals surface area contributed by atoms with Gasteiger partial charge in [0, 0.05) is 15.5 Å². The van der Waals surface area contributed by atoms with Crippen molar-refractivity contribution in [2.24, 2.45) is 0 Å². The van der Waals surface area contributed by atoms with Crippen LogP contribution in [0, 0.1) is 6.92 Å². The summed E-state index contributed by atoms with van der Waals surface area (Å²) in [7, 11) is 0. The van der Waals surface area contributed by atoms with Gasteiger partial charge in [-0.1, -0.05) is 52.3 Å². The average molecular weight is 327 g/mol. The Morgan fingerprint density at radius 2 is 1.60 bits per heavy atom. The number of nitrogens with two attached hydrogens (primary N) is 1. The number of hydrogen-bond donors (Lipinski definition) is 2. The van der Waals surface area contributed by atoms with Gasteiger partial charge in [-0.25, -0.2) is 0 Å². The number of nitrogen functional groups attached to an aromatic ring is 1. The molecule has 0 fully saturated rings. The monoisotopic (exact) mass is 326 g/mol. The van der Waals surface area contributed by atoms with Crippen LogP contribution in [0.25, 0.3) is 10.8 Å². The van der Waals surface area contributed by atoms with Crippen molar-refractivity contribution in [3.8, 4) is 0 Å². The van der Waals surface area contributed by atoms with E-state index in [-0.39, 0.29) is 0 Å². The van der Waals surface area contributed by atoms with Gasteiger partial charge in [-0.15, -0.1) is 0 Å². The van der Waals surface area contributed by atoms with Gasteiger partial charge in [0.05, 0.1) is 11.4 Å². The van der Waals surface area contributed by atoms with Crippen LogP contribution < -0.4 is 11.1 Å². The van der Waals surface area contributed by atoms with E-state index in [0.29, 0.717) is 0 Å². The zero-order valence-corrected chi connectivity index (χ0v) is 12.7. The number of nitrogens with one attached hydrogen (secondary N) is 1. The molecule has 0 aliphatic rings. The fourth-order valence-corrected chi connectivity index (χ4v) is 2.78. The predicted molar refractivity (Wildman–Crippen MR) is 90.5 cm³/mol. The largest absolute Gasteiger partial charge is 0.397 e. The van der Waals surface area contributed by atoms with Crippen LogP contribution in [0.4, 0.5) is 17.1 Å². The van der Waals surface area contributed by atoms with E-state index in [4.69, 9.17) is 5.73 Å². The Hall–Kier alpha value is -2.00. The summed E-state index contributed by atoms with van der Waals surface area (Å²) in [6.07, 6.45) is 0. The lowest BCUT2D eigenvalue weighted by molar-refractivity contribution is 1.45. The maximum absolute atomic E-state index is 6.13. The highest BCUT2D eigenvalue weighted by atomic mass is 79.9. The summed E-state index contributed by atoms with van der Waals surface area (Å²) in [5.74, 6) is 0. The van der Waals surface area contributed by atoms with Gasteiger partial charge in [-0.05, 0) is 36.1 Å². The average Bonchev–Trinajstić information content (AvgIpc) is 2.47. The van der Waals surface area contributed by atoms with E-state index in [1.165, 1.54) is 10.8 Å². The van der Waals surface area contributed by atoms with Crippen LogP contribution in [0.5, 0.6) is 0 Å². The molecular weight excluding hydrogens is 312 g/mol. The third kappa shape index (κ3) is 2.25. The number of aryl methyl sites for hydroxylation is 1. The highest BCUT2D eigenvalue weighted by molar-refractivity contribution is 9.10. The number of hydrogen-bond acceptors (Lipinski definition) is 2. The van der Waals surface area contributed by atoms with Gasteiger partial charge < -0.3 is 11.1 Å². The standard InChI is InChI=1S/C17H15BrN2/c1-11-5-4-8-16(17(11)19)20-15-10-9-14(18)12-6-2-3-7-13(12)15/h2-10,20H,19H2,1H3. The Bertz CT molecular complexity index is 781. The molecule has 0 radical (unpaired) electrons. The number of anilines is 3. The second-order valence-electron chi connectivity index (χ2n) is 4.80. The maximum Gasteiger partial charge on any atom is 0.0620 e. The van der Waals surface area contributed by atoms with Crippen molar-refractivity contribution in [3.05, 3.63) is 64.6 Å². The molecule has 0 atom stereocenters. The van der Waals surface area contributed by atoms with E-state index in [9.17, 15) is 0 Å². The second kappa shape index (κ2) is 5.17. The van der Waals surface area contributed by atoms with E-state index in [0.717, 1.165) is 27.1 Å². The van der Waals surface area contributed by atoms with Crippen molar-refractivity contribution in [3.63, 3.8) is 0 Å². The lowest BCUT2D eigenvalue weighted by atomic mass is 10.1. The topological polar surface area (TPSA) is 38.0 Å². The molecule has 0 aliphatic heterocycles. The van der Waals surface area contributed by atoms with Crippen molar-refractivity contribution in [2.75, 3.05) is 11.1 Å². The second-order valence-corrected chi connectivity index (χ2v) is 5.66. The van der Waals surface area contributed by atoms with Crippen molar-refractivity contribution in [1.29, 1.82) is 0 Å². The Kier molecular flexibility index (Phi) is 3.36. The highest BCUT2D eigenvalue weighted by Crippen LogP contribution is 2.33. The minimum Gasteiger partial charge on any atom is -0.397 e. The van der Waals surface area contributed by atoms with E-state index in [1.807, 2.05) is 37.3 Å². The first-order valence-electron chi connectivity index (χ1n) is 6.46. The summed E-state index contributed by atoms with van der Waals surface area (Å²) >= 11 is 3.59. The fourth-order valence-electron chi connectivity index (χ4n) is 2.31. The highest BCUT2D eigenvalue weighted by Gasteiger charge is 2.06. The molecule has 3 rings (SSSR count). The van der Waals surface area contributed by atoms with E-state index < -0.39 is 0 Å². The van der Waals surface area contributed by atoms with Crippen LogP contribution in [0.15, 0.2) is 59.1 Å². The van der Waals surface area contributed by atoms with Gasteiger partial charge in [-0.2, -0.15) is 0 Å². The molecule has 0 aliphatic carbocycles. The Morgan fingerprint density at radius 3 is 2.40 bits per heavy atom. The molecular formula is C17H15BrN2. The number of benzene rings is 3. The first-order chi connectivity index (χ1) is 9.66. The molecule has 0 amide bonds. The zero-order chi connectivity index (χ0) is 14.1. The number of para-hydroxylation sites is 1. The molecule has 0 aromatic heterocycles. The minimum atomic E-state index is 0.791. The molecule has 2 nitrogen and oxygen atoms in total. The third-order valence-electron chi connectivity index (χ3n) is 3.46. The molecule has 3 aromatic carbocycles. The van der Waals surface area contributed by atoms with Crippen molar-refractivity contribution >= 4 is 43.8 Å². The lowest BCUT2D eigenvalue weighted by Gasteiger charge is -2.14. The van der Waals surface area contributed by atoms with Gasteiger partial charge in [0.15, 0.2) is 0 Å². The lowest BCUT2D eigenvalue weighted by Crippen LogP contribution is -1.98. The molecule has 20 heavy (non-hydrogen) atoms. The summed E-state index contributed by atoms with van der Waals surface area (Å²) in [6.45, 7) is 2.01. The van der Waals surface area contributed by atoms with E-state index in [1.54, 1.807) is 0 Å². The van der Waals surface area contributed by atoms with Crippen LogP contribution in [0.1, 0.15) is 5.56 Å². The van der Waals surface area contributed by atoms with Crippen LogP contribution in [-0.2, 0) is 0 Å². The summed E-state index contributed by atoms with van der Waals surface area (Å²) in [4.78, 5) is 0. The van der Waals surface area contributed by atoms with Crippen molar-refractivity contribution < 1.29 is 0 Å². The number of rotatable bonds is 2. The molecule has 3 heteroatoms. The van der Waals surface area contributed by atoms with Crippen molar-refractivity contribution in [1.82, 2.24) is 0 Å².